The van der Waals surface area contributed by atoms with Gasteiger partial charge in [0.2, 0.25) is 0 Å². The standard InChI is InChI=1S/C9H5F3N2OS/c10-9(11,12)16-8-5(3-15)1-2-6-7(8)14-4-13-6/h1-4H,(H,13,14). The average molecular weight is 246 g/mol. The number of fused-ring (bicyclic) bond motifs is 1. The van der Waals surface area contributed by atoms with E-state index in [-0.39, 0.29) is 27.7 Å². The molecular weight excluding hydrogens is 241 g/mol. The number of rotatable bonds is 2. The molecule has 1 N–H and O–H groups in total. The fraction of sp³-hybridized carbons (Fsp3) is 0.111. The van der Waals surface area contributed by atoms with Gasteiger partial charge in [0.05, 0.1) is 16.7 Å². The van der Waals surface area contributed by atoms with Crippen molar-refractivity contribution >= 4 is 29.1 Å². The summed E-state index contributed by atoms with van der Waals surface area (Å²) in [6, 6.07) is 2.86. The summed E-state index contributed by atoms with van der Waals surface area (Å²) in [5.41, 5.74) is -3.82. The van der Waals surface area contributed by atoms with E-state index in [0.29, 0.717) is 11.8 Å². The van der Waals surface area contributed by atoms with Crippen molar-refractivity contribution < 1.29 is 18.0 Å². The van der Waals surface area contributed by atoms with E-state index in [9.17, 15) is 18.0 Å². The third-order valence-electron chi connectivity index (χ3n) is 1.92. The molecule has 1 aromatic heterocycles. The fourth-order valence-electron chi connectivity index (χ4n) is 1.31. The van der Waals surface area contributed by atoms with Crippen LogP contribution in [0.2, 0.25) is 0 Å². The maximum atomic E-state index is 12.3. The van der Waals surface area contributed by atoms with Crippen LogP contribution < -0.4 is 0 Å². The number of alkyl halides is 3. The topological polar surface area (TPSA) is 45.8 Å². The molecule has 2 aromatic rings. The lowest BCUT2D eigenvalue weighted by molar-refractivity contribution is -0.0327. The molecule has 0 unspecified atom stereocenters. The summed E-state index contributed by atoms with van der Waals surface area (Å²) < 4.78 is 36.9. The van der Waals surface area contributed by atoms with Crippen LogP contribution in [0, 0.1) is 0 Å². The van der Waals surface area contributed by atoms with E-state index in [4.69, 9.17) is 0 Å². The highest BCUT2D eigenvalue weighted by atomic mass is 32.2. The zero-order valence-electron chi connectivity index (χ0n) is 7.71. The number of hydrogen-bond donors (Lipinski definition) is 1. The Morgan fingerprint density at radius 2 is 2.12 bits per heavy atom. The number of nitrogens with zero attached hydrogens (tertiary/aromatic N) is 1. The van der Waals surface area contributed by atoms with Gasteiger partial charge in [-0.25, -0.2) is 4.98 Å². The predicted octanol–water partition coefficient (Wildman–Crippen LogP) is 2.99. The van der Waals surface area contributed by atoms with Gasteiger partial charge in [0.1, 0.15) is 5.52 Å². The molecule has 3 nitrogen and oxygen atoms in total. The van der Waals surface area contributed by atoms with E-state index in [1.165, 1.54) is 18.5 Å². The summed E-state index contributed by atoms with van der Waals surface area (Å²) >= 11 is -0.328. The third-order valence-corrected chi connectivity index (χ3v) is 2.79. The van der Waals surface area contributed by atoms with Crippen molar-refractivity contribution in [2.75, 3.05) is 0 Å². The second-order valence-corrected chi connectivity index (χ2v) is 4.02. The van der Waals surface area contributed by atoms with Gasteiger partial charge in [-0.1, -0.05) is 0 Å². The van der Waals surface area contributed by atoms with E-state index < -0.39 is 5.51 Å². The zero-order chi connectivity index (χ0) is 11.8. The first-order chi connectivity index (χ1) is 7.51. The van der Waals surface area contributed by atoms with Crippen molar-refractivity contribution in [2.45, 2.75) is 10.4 Å². The minimum atomic E-state index is -4.44. The van der Waals surface area contributed by atoms with Crippen LogP contribution >= 0.6 is 11.8 Å². The van der Waals surface area contributed by atoms with Gasteiger partial charge in [-0.3, -0.25) is 4.79 Å². The van der Waals surface area contributed by atoms with Crippen LogP contribution in [-0.2, 0) is 0 Å². The van der Waals surface area contributed by atoms with Crippen LogP contribution in [0.25, 0.3) is 11.0 Å². The van der Waals surface area contributed by atoms with Crippen molar-refractivity contribution in [1.29, 1.82) is 0 Å². The molecule has 2 rings (SSSR count). The molecule has 0 aliphatic heterocycles. The van der Waals surface area contributed by atoms with Crippen molar-refractivity contribution in [3.05, 3.63) is 24.0 Å². The minimum Gasteiger partial charge on any atom is -0.345 e. The van der Waals surface area contributed by atoms with Crippen molar-refractivity contribution in [2.24, 2.45) is 0 Å². The number of H-pyrrole nitrogens is 1. The number of imidazole rings is 1. The highest BCUT2D eigenvalue weighted by Gasteiger charge is 2.31. The van der Waals surface area contributed by atoms with Crippen LogP contribution in [0.1, 0.15) is 10.4 Å². The predicted molar refractivity (Wildman–Crippen MR) is 53.4 cm³/mol. The Morgan fingerprint density at radius 1 is 1.38 bits per heavy atom. The molecule has 1 heterocycles. The van der Waals surface area contributed by atoms with Gasteiger partial charge in [-0.05, 0) is 23.9 Å². The Morgan fingerprint density at radius 3 is 2.75 bits per heavy atom. The second kappa shape index (κ2) is 3.82. The van der Waals surface area contributed by atoms with E-state index in [1.807, 2.05) is 0 Å². The van der Waals surface area contributed by atoms with Gasteiger partial charge in [0, 0.05) is 5.56 Å². The molecule has 0 aliphatic carbocycles. The SMILES string of the molecule is O=Cc1ccc2[nH]cnc2c1SC(F)(F)F. The first-order valence-electron chi connectivity index (χ1n) is 4.18. The number of hydrogen-bond acceptors (Lipinski definition) is 3. The number of aromatic nitrogens is 2. The Kier molecular flexibility index (Phi) is 2.63. The zero-order valence-corrected chi connectivity index (χ0v) is 8.52. The normalized spacial score (nSPS) is 11.9. The number of thioether (sulfide) groups is 1. The number of nitrogens with one attached hydrogen (secondary N) is 1. The average Bonchev–Trinajstić information content (AvgIpc) is 2.64. The molecule has 0 radical (unpaired) electrons. The summed E-state index contributed by atoms with van der Waals surface area (Å²) in [6.45, 7) is 0. The Bertz CT molecular complexity index is 535. The van der Waals surface area contributed by atoms with E-state index in [1.54, 1.807) is 0 Å². The van der Waals surface area contributed by atoms with Crippen LogP contribution in [0.15, 0.2) is 23.4 Å². The van der Waals surface area contributed by atoms with Gasteiger partial charge in [-0.2, -0.15) is 13.2 Å². The number of carbonyl (C=O) groups excluding carboxylic acids is 1. The quantitative estimate of drug-likeness (QED) is 0.654. The molecule has 0 aliphatic rings. The molecule has 0 spiro atoms. The molecule has 0 amide bonds. The second-order valence-electron chi connectivity index (χ2n) is 2.95. The fourth-order valence-corrected chi connectivity index (χ4v) is 2.04. The molecule has 0 bridgehead atoms. The molecular formula is C9H5F3N2OS. The van der Waals surface area contributed by atoms with Crippen LogP contribution in [0.5, 0.6) is 0 Å². The van der Waals surface area contributed by atoms with Gasteiger partial charge in [-0.15, -0.1) is 0 Å². The lowest BCUT2D eigenvalue weighted by Crippen LogP contribution is -2.01. The van der Waals surface area contributed by atoms with E-state index in [2.05, 4.69) is 9.97 Å². The smallest absolute Gasteiger partial charge is 0.345 e. The van der Waals surface area contributed by atoms with Gasteiger partial charge < -0.3 is 4.98 Å². The number of aldehydes is 1. The third kappa shape index (κ3) is 2.04. The number of benzene rings is 1. The molecule has 0 saturated carbocycles. The summed E-state index contributed by atoms with van der Waals surface area (Å²) in [7, 11) is 0. The van der Waals surface area contributed by atoms with E-state index >= 15 is 0 Å². The first kappa shape index (κ1) is 11.0. The lowest BCUT2D eigenvalue weighted by atomic mass is 10.2. The maximum Gasteiger partial charge on any atom is 0.446 e. The summed E-state index contributed by atoms with van der Waals surface area (Å²) in [5, 5.41) is 0. The summed E-state index contributed by atoms with van der Waals surface area (Å²) in [4.78, 5) is 17.0. The van der Waals surface area contributed by atoms with Crippen LogP contribution in [0.4, 0.5) is 13.2 Å². The monoisotopic (exact) mass is 246 g/mol. The Labute approximate surface area is 92.1 Å². The maximum absolute atomic E-state index is 12.3. The van der Waals surface area contributed by atoms with Crippen molar-refractivity contribution in [3.8, 4) is 0 Å². The molecule has 1 aromatic carbocycles. The Balaban J connectivity index is 2.62. The molecule has 0 fully saturated rings. The number of carbonyl (C=O) groups is 1. The molecule has 7 heteroatoms. The number of aromatic amines is 1. The molecule has 16 heavy (non-hydrogen) atoms. The highest BCUT2D eigenvalue weighted by molar-refractivity contribution is 8.00. The van der Waals surface area contributed by atoms with Gasteiger partial charge in [0.25, 0.3) is 0 Å². The van der Waals surface area contributed by atoms with Crippen molar-refractivity contribution in [1.82, 2.24) is 9.97 Å². The molecule has 0 atom stereocenters. The van der Waals surface area contributed by atoms with Crippen molar-refractivity contribution in [3.63, 3.8) is 0 Å². The largest absolute Gasteiger partial charge is 0.446 e. The van der Waals surface area contributed by atoms with Gasteiger partial charge in [0.15, 0.2) is 6.29 Å². The van der Waals surface area contributed by atoms with Gasteiger partial charge >= 0.3 is 5.51 Å². The highest BCUT2D eigenvalue weighted by Crippen LogP contribution is 2.40. The molecule has 0 saturated heterocycles. The minimum absolute atomic E-state index is 0.0121. The van der Waals surface area contributed by atoms with Crippen LogP contribution in [-0.4, -0.2) is 21.8 Å². The summed E-state index contributed by atoms with van der Waals surface area (Å²) in [5.74, 6) is 0. The Hall–Kier alpha value is -1.50. The number of halogens is 3. The summed E-state index contributed by atoms with van der Waals surface area (Å²) in [6.07, 6.45) is 1.68. The lowest BCUT2D eigenvalue weighted by Gasteiger charge is -2.08. The first-order valence-corrected chi connectivity index (χ1v) is 5.00. The molecule has 84 valence electrons. The van der Waals surface area contributed by atoms with Crippen LogP contribution in [0.3, 0.4) is 0 Å². The van der Waals surface area contributed by atoms with E-state index in [0.717, 1.165) is 0 Å².